The van der Waals surface area contributed by atoms with Crippen LogP contribution in [0.25, 0.3) is 10.8 Å². The topological polar surface area (TPSA) is 79.0 Å². The van der Waals surface area contributed by atoms with Crippen molar-refractivity contribution in [1.29, 1.82) is 0 Å². The molecule has 7 nitrogen and oxygen atoms in total. The minimum atomic E-state index is -0.765. The third-order valence-corrected chi connectivity index (χ3v) is 8.65. The number of carbonyl (C=O) groups is 3. The van der Waals surface area contributed by atoms with Gasteiger partial charge in [0.05, 0.1) is 12.8 Å². The molecule has 4 aromatic rings. The molecule has 6 rings (SSSR count). The maximum atomic E-state index is 14.4. The minimum Gasteiger partial charge on any atom is -0.497 e. The van der Waals surface area contributed by atoms with Gasteiger partial charge in [-0.3, -0.25) is 19.3 Å². The number of hydrogen-bond donors (Lipinski definition) is 1. The first-order valence-corrected chi connectivity index (χ1v) is 15.1. The molecule has 1 aliphatic heterocycles. The molecule has 1 atom stereocenters. The van der Waals surface area contributed by atoms with Crippen molar-refractivity contribution >= 4 is 34.2 Å². The minimum absolute atomic E-state index is 0.0977. The van der Waals surface area contributed by atoms with E-state index in [0.717, 1.165) is 53.3 Å². The van der Waals surface area contributed by atoms with Gasteiger partial charge < -0.3 is 15.0 Å². The number of nitrogens with zero attached hydrogens (tertiary/aromatic N) is 2. The number of methoxy groups -OCH3 is 1. The Balaban J connectivity index is 1.35. The van der Waals surface area contributed by atoms with E-state index in [1.54, 1.807) is 16.9 Å². The molecule has 4 aromatic carbocycles. The van der Waals surface area contributed by atoms with Gasteiger partial charge in [-0.05, 0) is 53.6 Å². The summed E-state index contributed by atoms with van der Waals surface area (Å²) >= 11 is 0. The highest BCUT2D eigenvalue weighted by Gasteiger charge is 2.36. The van der Waals surface area contributed by atoms with Gasteiger partial charge in [-0.25, -0.2) is 0 Å². The molecule has 1 N–H and O–H groups in total. The van der Waals surface area contributed by atoms with Crippen molar-refractivity contribution < 1.29 is 19.1 Å². The van der Waals surface area contributed by atoms with Crippen LogP contribution in [0.2, 0.25) is 0 Å². The van der Waals surface area contributed by atoms with E-state index < -0.39 is 6.04 Å². The normalized spacial score (nSPS) is 15.4. The summed E-state index contributed by atoms with van der Waals surface area (Å²) in [5, 5.41) is 5.10. The van der Waals surface area contributed by atoms with Crippen LogP contribution < -0.4 is 15.0 Å². The second kappa shape index (κ2) is 12.7. The van der Waals surface area contributed by atoms with E-state index in [9.17, 15) is 14.4 Å². The lowest BCUT2D eigenvalue weighted by Gasteiger charge is -2.34. The molecule has 0 bridgehead atoms. The van der Waals surface area contributed by atoms with E-state index in [4.69, 9.17) is 4.74 Å². The molecular weight excluding hydrogens is 538 g/mol. The summed E-state index contributed by atoms with van der Waals surface area (Å²) in [4.78, 5) is 45.3. The van der Waals surface area contributed by atoms with Crippen LogP contribution in [0.5, 0.6) is 5.75 Å². The fraction of sp³-hybridized carbons (Fsp3) is 0.306. The Morgan fingerprint density at radius 3 is 2.40 bits per heavy atom. The van der Waals surface area contributed by atoms with Crippen molar-refractivity contribution in [3.8, 4) is 5.75 Å². The molecule has 1 heterocycles. The predicted molar refractivity (Wildman–Crippen MR) is 168 cm³/mol. The molecule has 0 unspecified atom stereocenters. The maximum Gasteiger partial charge on any atom is 0.259 e. The predicted octanol–water partition coefficient (Wildman–Crippen LogP) is 5.90. The molecule has 0 spiro atoms. The highest BCUT2D eigenvalue weighted by Crippen LogP contribution is 2.37. The zero-order valence-electron chi connectivity index (χ0n) is 24.5. The molecule has 1 aliphatic carbocycles. The number of carbonyl (C=O) groups excluding carboxylic acids is 3. The summed E-state index contributed by atoms with van der Waals surface area (Å²) in [6.07, 6.45) is 5.60. The smallest absolute Gasteiger partial charge is 0.259 e. The lowest BCUT2D eigenvalue weighted by molar-refractivity contribution is -0.140. The summed E-state index contributed by atoms with van der Waals surface area (Å²) in [6, 6.07) is 28.1. The fourth-order valence-electron chi connectivity index (χ4n) is 6.43. The Hall–Kier alpha value is -4.65. The first kappa shape index (κ1) is 28.5. The van der Waals surface area contributed by atoms with Gasteiger partial charge in [-0.1, -0.05) is 86.0 Å². The third kappa shape index (κ3) is 6.12. The van der Waals surface area contributed by atoms with E-state index in [0.29, 0.717) is 17.7 Å². The molecule has 43 heavy (non-hydrogen) atoms. The van der Waals surface area contributed by atoms with Gasteiger partial charge in [0.2, 0.25) is 11.8 Å². The van der Waals surface area contributed by atoms with Crippen LogP contribution in [0.15, 0.2) is 91.0 Å². The molecule has 0 saturated heterocycles. The molecule has 2 aliphatic rings. The van der Waals surface area contributed by atoms with Crippen molar-refractivity contribution in [3.05, 3.63) is 108 Å². The lowest BCUT2D eigenvalue weighted by atomic mass is 9.94. The summed E-state index contributed by atoms with van der Waals surface area (Å²) in [7, 11) is 1.61. The molecule has 7 heteroatoms. The molecule has 3 amide bonds. The number of amides is 3. The van der Waals surface area contributed by atoms with E-state index in [2.05, 4.69) is 5.32 Å². The first-order chi connectivity index (χ1) is 21.0. The summed E-state index contributed by atoms with van der Waals surface area (Å²) in [6.45, 7) is 0.0311. The SMILES string of the molecule is COc1cccc(CN(C(=O)CN2C(=O)c3cccc4cccc2c34)[C@@H](Cc2ccccc2)C(=O)NC2CCCCC2)c1. The van der Waals surface area contributed by atoms with Crippen molar-refractivity contribution in [2.24, 2.45) is 0 Å². The van der Waals surface area contributed by atoms with Crippen LogP contribution in [0.3, 0.4) is 0 Å². The summed E-state index contributed by atoms with van der Waals surface area (Å²) < 4.78 is 5.46. The number of rotatable bonds is 10. The molecular formula is C36H37N3O4. The quantitative estimate of drug-likeness (QED) is 0.256. The van der Waals surface area contributed by atoms with Gasteiger partial charge in [-0.15, -0.1) is 0 Å². The monoisotopic (exact) mass is 575 g/mol. The van der Waals surface area contributed by atoms with Gasteiger partial charge >= 0.3 is 0 Å². The number of ether oxygens (including phenoxy) is 1. The average Bonchev–Trinajstić information content (AvgIpc) is 3.31. The molecule has 220 valence electrons. The van der Waals surface area contributed by atoms with Gasteiger partial charge in [-0.2, -0.15) is 0 Å². The first-order valence-electron chi connectivity index (χ1n) is 15.1. The maximum absolute atomic E-state index is 14.4. The zero-order chi connectivity index (χ0) is 29.8. The van der Waals surface area contributed by atoms with Crippen molar-refractivity contribution in [3.63, 3.8) is 0 Å². The van der Waals surface area contributed by atoms with Crippen LogP contribution in [0, 0.1) is 0 Å². The Morgan fingerprint density at radius 2 is 1.63 bits per heavy atom. The second-order valence-electron chi connectivity index (χ2n) is 11.5. The van der Waals surface area contributed by atoms with Crippen LogP contribution in [-0.2, 0) is 22.6 Å². The van der Waals surface area contributed by atoms with Crippen molar-refractivity contribution in [2.75, 3.05) is 18.6 Å². The third-order valence-electron chi connectivity index (χ3n) is 8.65. The standard InChI is InChI=1S/C36H37N3O4/c1-43-29-18-8-13-26(21-29)23-38(32(22-25-11-4-2-5-12-25)35(41)37-28-16-6-3-7-17-28)33(40)24-39-31-20-10-15-27-14-9-19-30(34(27)31)36(39)42/h2,4-5,8-15,18-21,28,32H,3,6-7,16-17,22-24H2,1H3,(H,37,41)/t32-/m0/s1. The van der Waals surface area contributed by atoms with Gasteiger partial charge in [0.1, 0.15) is 18.3 Å². The fourth-order valence-corrected chi connectivity index (χ4v) is 6.43. The lowest BCUT2D eigenvalue weighted by Crippen LogP contribution is -2.54. The average molecular weight is 576 g/mol. The summed E-state index contributed by atoms with van der Waals surface area (Å²) in [5.74, 6) is 0.0200. The van der Waals surface area contributed by atoms with E-state index in [1.165, 1.54) is 6.42 Å². The van der Waals surface area contributed by atoms with Crippen LogP contribution in [0.4, 0.5) is 5.69 Å². The Kier molecular flexibility index (Phi) is 8.40. The van der Waals surface area contributed by atoms with Crippen molar-refractivity contribution in [1.82, 2.24) is 10.2 Å². The molecule has 1 saturated carbocycles. The van der Waals surface area contributed by atoms with E-state index in [1.807, 2.05) is 91.0 Å². The van der Waals surface area contributed by atoms with E-state index in [-0.39, 0.29) is 36.9 Å². The van der Waals surface area contributed by atoms with Gasteiger partial charge in [0.15, 0.2) is 0 Å². The Bertz CT molecular complexity index is 1630. The number of nitrogens with one attached hydrogen (secondary N) is 1. The Morgan fingerprint density at radius 1 is 0.907 bits per heavy atom. The highest BCUT2D eigenvalue weighted by molar-refractivity contribution is 6.26. The molecule has 1 fully saturated rings. The largest absolute Gasteiger partial charge is 0.497 e. The van der Waals surface area contributed by atoms with Gasteiger partial charge in [0, 0.05) is 30.0 Å². The molecule has 0 aromatic heterocycles. The van der Waals surface area contributed by atoms with Crippen LogP contribution in [0.1, 0.15) is 53.6 Å². The van der Waals surface area contributed by atoms with Crippen molar-refractivity contribution in [2.45, 2.75) is 57.2 Å². The Labute approximate surface area is 252 Å². The highest BCUT2D eigenvalue weighted by atomic mass is 16.5. The van der Waals surface area contributed by atoms with Crippen LogP contribution >= 0.6 is 0 Å². The molecule has 0 radical (unpaired) electrons. The van der Waals surface area contributed by atoms with Gasteiger partial charge in [0.25, 0.3) is 5.91 Å². The number of benzene rings is 4. The number of anilines is 1. The number of hydrogen-bond acceptors (Lipinski definition) is 4. The zero-order valence-corrected chi connectivity index (χ0v) is 24.5. The van der Waals surface area contributed by atoms with Crippen LogP contribution in [-0.4, -0.2) is 48.4 Å². The summed E-state index contributed by atoms with van der Waals surface area (Å²) in [5.41, 5.74) is 3.12. The van der Waals surface area contributed by atoms with E-state index >= 15 is 0 Å². The second-order valence-corrected chi connectivity index (χ2v) is 11.5.